The predicted octanol–water partition coefficient (Wildman–Crippen LogP) is 3.21. The second-order valence-corrected chi connectivity index (χ2v) is 5.80. The second-order valence-electron chi connectivity index (χ2n) is 5.80. The monoisotopic (exact) mass is 299 g/mol. The summed E-state index contributed by atoms with van der Waals surface area (Å²) >= 11 is 0. The molecule has 0 aliphatic carbocycles. The van der Waals surface area contributed by atoms with Crippen molar-refractivity contribution < 1.29 is 4.74 Å². The van der Waals surface area contributed by atoms with Crippen LogP contribution in [0, 0.1) is 0 Å². The molecule has 4 nitrogen and oxygen atoms in total. The van der Waals surface area contributed by atoms with Gasteiger partial charge in [-0.15, -0.1) is 0 Å². The van der Waals surface area contributed by atoms with Gasteiger partial charge in [-0.25, -0.2) is 4.98 Å². The van der Waals surface area contributed by atoms with Crippen molar-refractivity contribution in [3.8, 4) is 5.88 Å². The molecule has 1 saturated heterocycles. The van der Waals surface area contributed by atoms with Crippen LogP contribution in [0.2, 0.25) is 0 Å². The van der Waals surface area contributed by atoms with Crippen molar-refractivity contribution in [2.24, 2.45) is 0 Å². The minimum Gasteiger partial charge on any atom is -0.476 e. The Morgan fingerprint density at radius 3 is 2.86 bits per heavy atom. The highest BCUT2D eigenvalue weighted by Crippen LogP contribution is 2.28. The van der Waals surface area contributed by atoms with Gasteiger partial charge in [-0.2, -0.15) is 0 Å². The van der Waals surface area contributed by atoms with Gasteiger partial charge in [0.1, 0.15) is 6.61 Å². The minimum absolute atomic E-state index is 0.461. The summed E-state index contributed by atoms with van der Waals surface area (Å²) in [5.74, 6) is 0.750. The fourth-order valence-corrected chi connectivity index (χ4v) is 3.11. The Hall–Kier alpha value is -1.81. The highest BCUT2D eigenvalue weighted by molar-refractivity contribution is 5.89. The van der Waals surface area contributed by atoms with E-state index < -0.39 is 0 Å². The fraction of sp³-hybridized carbons (Fsp3) is 0.500. The molecule has 1 unspecified atom stereocenters. The Bertz CT molecular complexity index is 619. The molecule has 0 amide bonds. The third kappa shape index (κ3) is 3.17. The number of benzene rings is 1. The van der Waals surface area contributed by atoms with Gasteiger partial charge in [0.05, 0.1) is 0 Å². The summed E-state index contributed by atoms with van der Waals surface area (Å²) in [7, 11) is 0. The van der Waals surface area contributed by atoms with Crippen LogP contribution in [-0.4, -0.2) is 37.3 Å². The summed E-state index contributed by atoms with van der Waals surface area (Å²) in [6.45, 7) is 8.17. The fourth-order valence-electron chi connectivity index (χ4n) is 3.11. The number of nitrogens with one attached hydrogen (secondary N) is 1. The zero-order valence-electron chi connectivity index (χ0n) is 13.5. The van der Waals surface area contributed by atoms with Crippen LogP contribution in [-0.2, 0) is 0 Å². The number of rotatable bonds is 6. The number of hydrogen-bond donors (Lipinski definition) is 1. The lowest BCUT2D eigenvalue weighted by molar-refractivity contribution is 0.271. The first-order chi connectivity index (χ1) is 10.8. The Kier molecular flexibility index (Phi) is 4.78. The zero-order chi connectivity index (χ0) is 15.4. The molecule has 1 aliphatic heterocycles. The van der Waals surface area contributed by atoms with Crippen LogP contribution in [0.4, 0.5) is 5.69 Å². The van der Waals surface area contributed by atoms with Crippen LogP contribution in [0.3, 0.4) is 0 Å². The molecule has 1 N–H and O–H groups in total. The van der Waals surface area contributed by atoms with Crippen molar-refractivity contribution in [2.45, 2.75) is 32.7 Å². The van der Waals surface area contributed by atoms with E-state index in [1.54, 1.807) is 0 Å². The molecule has 1 atom stereocenters. The average Bonchev–Trinajstić information content (AvgIpc) is 3.07. The largest absolute Gasteiger partial charge is 0.476 e. The Balaban J connectivity index is 1.86. The maximum Gasteiger partial charge on any atom is 0.221 e. The third-order valence-corrected chi connectivity index (χ3v) is 4.43. The SMILES string of the molecule is CCN(CC)c1ccc2ccnc(OCC3CCCN3)c2c1. The lowest BCUT2D eigenvalue weighted by Gasteiger charge is -2.21. The van der Waals surface area contributed by atoms with Crippen LogP contribution in [0.1, 0.15) is 26.7 Å². The number of aromatic nitrogens is 1. The Morgan fingerprint density at radius 1 is 1.27 bits per heavy atom. The first kappa shape index (κ1) is 15.1. The molecule has 0 spiro atoms. The van der Waals surface area contributed by atoms with Gasteiger partial charge in [0, 0.05) is 36.4 Å². The lowest BCUT2D eigenvalue weighted by Crippen LogP contribution is -2.28. The molecule has 1 fully saturated rings. The third-order valence-electron chi connectivity index (χ3n) is 4.43. The maximum atomic E-state index is 6.01. The van der Waals surface area contributed by atoms with Gasteiger partial charge >= 0.3 is 0 Å². The summed E-state index contributed by atoms with van der Waals surface area (Å²) in [5, 5.41) is 5.74. The molecular formula is C18H25N3O. The van der Waals surface area contributed by atoms with Gasteiger partial charge in [0.2, 0.25) is 5.88 Å². The van der Waals surface area contributed by atoms with Crippen LogP contribution < -0.4 is 15.0 Å². The second kappa shape index (κ2) is 6.97. The van der Waals surface area contributed by atoms with E-state index in [1.165, 1.54) is 23.9 Å². The summed E-state index contributed by atoms with van der Waals surface area (Å²) in [6, 6.07) is 9.04. The van der Waals surface area contributed by atoms with E-state index in [-0.39, 0.29) is 0 Å². The highest BCUT2D eigenvalue weighted by atomic mass is 16.5. The molecular weight excluding hydrogens is 274 g/mol. The standard InChI is InChI=1S/C18H25N3O/c1-3-21(4-2)16-8-7-14-9-11-20-18(17(14)12-16)22-13-15-6-5-10-19-15/h7-9,11-12,15,19H,3-6,10,13H2,1-2H3. The van der Waals surface area contributed by atoms with E-state index in [1.807, 2.05) is 12.3 Å². The number of nitrogens with zero attached hydrogens (tertiary/aromatic N) is 2. The van der Waals surface area contributed by atoms with Gasteiger partial charge in [-0.1, -0.05) is 6.07 Å². The van der Waals surface area contributed by atoms with E-state index in [9.17, 15) is 0 Å². The molecule has 22 heavy (non-hydrogen) atoms. The summed E-state index contributed by atoms with van der Waals surface area (Å²) in [4.78, 5) is 6.79. The maximum absolute atomic E-state index is 6.01. The number of pyridine rings is 1. The molecule has 0 bridgehead atoms. The first-order valence-corrected chi connectivity index (χ1v) is 8.31. The van der Waals surface area contributed by atoms with Crippen molar-refractivity contribution in [1.29, 1.82) is 0 Å². The summed E-state index contributed by atoms with van der Waals surface area (Å²) in [6.07, 6.45) is 4.26. The average molecular weight is 299 g/mol. The van der Waals surface area contributed by atoms with Crippen molar-refractivity contribution >= 4 is 16.5 Å². The Morgan fingerprint density at radius 2 is 2.14 bits per heavy atom. The predicted molar refractivity (Wildman–Crippen MR) is 91.8 cm³/mol. The van der Waals surface area contributed by atoms with Crippen molar-refractivity contribution in [3.05, 3.63) is 30.5 Å². The number of fused-ring (bicyclic) bond motifs is 1. The van der Waals surface area contributed by atoms with Crippen molar-refractivity contribution in [1.82, 2.24) is 10.3 Å². The van der Waals surface area contributed by atoms with Gasteiger partial charge in [-0.05, 0) is 56.8 Å². The van der Waals surface area contributed by atoms with E-state index in [2.05, 4.69) is 47.2 Å². The number of ether oxygens (including phenoxy) is 1. The first-order valence-electron chi connectivity index (χ1n) is 8.31. The van der Waals surface area contributed by atoms with Crippen LogP contribution in [0.5, 0.6) is 5.88 Å². The minimum atomic E-state index is 0.461. The highest BCUT2D eigenvalue weighted by Gasteiger charge is 2.15. The molecule has 118 valence electrons. The molecule has 2 heterocycles. The number of anilines is 1. The molecule has 0 saturated carbocycles. The lowest BCUT2D eigenvalue weighted by atomic mass is 10.1. The Labute approximate surface area is 132 Å². The molecule has 2 aromatic rings. The molecule has 4 heteroatoms. The summed E-state index contributed by atoms with van der Waals surface area (Å²) < 4.78 is 6.01. The quantitative estimate of drug-likeness (QED) is 0.889. The molecule has 1 aromatic carbocycles. The van der Waals surface area contributed by atoms with Gasteiger partial charge in [0.15, 0.2) is 0 Å². The summed E-state index contributed by atoms with van der Waals surface area (Å²) in [5.41, 5.74) is 1.23. The van der Waals surface area contributed by atoms with E-state index in [0.29, 0.717) is 12.6 Å². The van der Waals surface area contributed by atoms with Crippen molar-refractivity contribution in [2.75, 3.05) is 31.1 Å². The molecule has 3 rings (SSSR count). The zero-order valence-corrected chi connectivity index (χ0v) is 13.5. The molecule has 1 aromatic heterocycles. The van der Waals surface area contributed by atoms with Crippen LogP contribution in [0.15, 0.2) is 30.5 Å². The van der Waals surface area contributed by atoms with Crippen LogP contribution >= 0.6 is 0 Å². The van der Waals surface area contributed by atoms with Crippen molar-refractivity contribution in [3.63, 3.8) is 0 Å². The van der Waals surface area contributed by atoms with E-state index in [4.69, 9.17) is 4.74 Å². The normalized spacial score (nSPS) is 17.8. The van der Waals surface area contributed by atoms with Gasteiger partial charge in [0.25, 0.3) is 0 Å². The number of hydrogen-bond acceptors (Lipinski definition) is 4. The topological polar surface area (TPSA) is 37.4 Å². The van der Waals surface area contributed by atoms with Gasteiger partial charge in [-0.3, -0.25) is 0 Å². The van der Waals surface area contributed by atoms with Crippen LogP contribution in [0.25, 0.3) is 10.8 Å². The molecule has 0 radical (unpaired) electrons. The smallest absolute Gasteiger partial charge is 0.221 e. The van der Waals surface area contributed by atoms with Gasteiger partial charge < -0.3 is 15.0 Å². The van der Waals surface area contributed by atoms with E-state index >= 15 is 0 Å². The molecule has 1 aliphatic rings. The van der Waals surface area contributed by atoms with E-state index in [0.717, 1.165) is 30.9 Å².